The van der Waals surface area contributed by atoms with Gasteiger partial charge in [-0.2, -0.15) is 0 Å². The third-order valence-corrected chi connectivity index (χ3v) is 4.80. The molecule has 5 nitrogen and oxygen atoms in total. The van der Waals surface area contributed by atoms with Crippen LogP contribution in [-0.2, 0) is 9.59 Å². The van der Waals surface area contributed by atoms with Crippen molar-refractivity contribution in [2.75, 3.05) is 17.3 Å². The number of hydrogen-bond donors (Lipinski definition) is 1. The highest BCUT2D eigenvalue weighted by molar-refractivity contribution is 6.46. The van der Waals surface area contributed by atoms with Crippen molar-refractivity contribution in [1.82, 2.24) is 0 Å². The van der Waals surface area contributed by atoms with Crippen molar-refractivity contribution >= 4 is 28.8 Å². The predicted molar refractivity (Wildman–Crippen MR) is 114 cm³/mol. The molecular weight excluding hydrogens is 364 g/mol. The molecule has 3 aromatic carbocycles. The van der Waals surface area contributed by atoms with Gasteiger partial charge < -0.3 is 10.1 Å². The fraction of sp³-hybridized carbons (Fsp3) is 0.0833. The topological polar surface area (TPSA) is 58.6 Å². The van der Waals surface area contributed by atoms with Crippen molar-refractivity contribution in [2.45, 2.75) is 6.92 Å². The Morgan fingerprint density at radius 2 is 1.45 bits per heavy atom. The van der Waals surface area contributed by atoms with E-state index in [1.807, 2.05) is 49.4 Å². The molecule has 2 amide bonds. The van der Waals surface area contributed by atoms with E-state index in [1.54, 1.807) is 43.5 Å². The van der Waals surface area contributed by atoms with Gasteiger partial charge in [-0.25, -0.2) is 4.90 Å². The summed E-state index contributed by atoms with van der Waals surface area (Å²) in [6, 6.07) is 23.8. The van der Waals surface area contributed by atoms with E-state index in [0.29, 0.717) is 17.0 Å². The summed E-state index contributed by atoms with van der Waals surface area (Å²) in [5.74, 6) is -0.259. The summed E-state index contributed by atoms with van der Waals surface area (Å²) in [5, 5.41) is 3.16. The van der Waals surface area contributed by atoms with Crippen molar-refractivity contribution in [3.05, 3.63) is 95.7 Å². The molecule has 0 unspecified atom stereocenters. The zero-order valence-corrected chi connectivity index (χ0v) is 16.2. The maximum atomic E-state index is 13.4. The quantitative estimate of drug-likeness (QED) is 0.663. The molecule has 0 atom stereocenters. The van der Waals surface area contributed by atoms with E-state index in [2.05, 4.69) is 5.32 Å². The van der Waals surface area contributed by atoms with Gasteiger partial charge in [0.25, 0.3) is 11.8 Å². The van der Waals surface area contributed by atoms with E-state index >= 15 is 0 Å². The van der Waals surface area contributed by atoms with E-state index in [-0.39, 0.29) is 17.2 Å². The Hall–Kier alpha value is -3.86. The number of nitrogens with one attached hydrogen (secondary N) is 1. The molecule has 1 aliphatic rings. The summed E-state index contributed by atoms with van der Waals surface area (Å²) in [5.41, 5.74) is 3.45. The van der Waals surface area contributed by atoms with Crippen LogP contribution in [0.1, 0.15) is 11.1 Å². The van der Waals surface area contributed by atoms with Crippen LogP contribution in [0.2, 0.25) is 0 Å². The molecule has 1 aliphatic heterocycles. The van der Waals surface area contributed by atoms with Crippen LogP contribution in [-0.4, -0.2) is 18.9 Å². The Morgan fingerprint density at radius 1 is 0.793 bits per heavy atom. The molecule has 0 saturated heterocycles. The normalized spacial score (nSPS) is 13.8. The third kappa shape index (κ3) is 3.38. The molecular formula is C24H20N2O3. The van der Waals surface area contributed by atoms with Gasteiger partial charge in [0.2, 0.25) is 0 Å². The first kappa shape index (κ1) is 18.5. The Bertz CT molecular complexity index is 1100. The number of hydrogen-bond acceptors (Lipinski definition) is 4. The first-order chi connectivity index (χ1) is 14.1. The van der Waals surface area contributed by atoms with Crippen LogP contribution in [0.5, 0.6) is 5.75 Å². The molecule has 4 rings (SSSR count). The van der Waals surface area contributed by atoms with Gasteiger partial charge >= 0.3 is 0 Å². The number of benzene rings is 3. The van der Waals surface area contributed by atoms with Gasteiger partial charge in [-0.15, -0.1) is 0 Å². The molecule has 29 heavy (non-hydrogen) atoms. The van der Waals surface area contributed by atoms with Gasteiger partial charge in [-0.1, -0.05) is 54.1 Å². The number of rotatable bonds is 5. The van der Waals surface area contributed by atoms with E-state index in [9.17, 15) is 9.59 Å². The van der Waals surface area contributed by atoms with Crippen molar-refractivity contribution in [3.8, 4) is 5.75 Å². The maximum absolute atomic E-state index is 13.4. The number of carbonyl (C=O) groups is 2. The molecule has 0 aliphatic carbocycles. The smallest absolute Gasteiger partial charge is 0.282 e. The molecule has 0 radical (unpaired) electrons. The Balaban J connectivity index is 1.86. The largest absolute Gasteiger partial charge is 0.496 e. The summed E-state index contributed by atoms with van der Waals surface area (Å²) < 4.78 is 5.45. The average molecular weight is 384 g/mol. The van der Waals surface area contributed by atoms with Gasteiger partial charge in [0.05, 0.1) is 18.4 Å². The number of methoxy groups -OCH3 is 1. The fourth-order valence-electron chi connectivity index (χ4n) is 3.34. The van der Waals surface area contributed by atoms with Crippen molar-refractivity contribution in [3.63, 3.8) is 0 Å². The first-order valence-electron chi connectivity index (χ1n) is 9.25. The third-order valence-electron chi connectivity index (χ3n) is 4.80. The second kappa shape index (κ2) is 7.64. The van der Waals surface area contributed by atoms with Crippen molar-refractivity contribution in [2.24, 2.45) is 0 Å². The first-order valence-corrected chi connectivity index (χ1v) is 9.25. The summed E-state index contributed by atoms with van der Waals surface area (Å²) in [4.78, 5) is 27.9. The second-order valence-electron chi connectivity index (χ2n) is 6.72. The number of imide groups is 1. The van der Waals surface area contributed by atoms with Crippen LogP contribution in [0, 0.1) is 6.92 Å². The number of ether oxygens (including phenoxy) is 1. The zero-order valence-electron chi connectivity index (χ0n) is 16.2. The van der Waals surface area contributed by atoms with Crippen LogP contribution in [0.15, 0.2) is 84.6 Å². The van der Waals surface area contributed by atoms with Crippen molar-refractivity contribution < 1.29 is 14.3 Å². The molecule has 0 aromatic heterocycles. The lowest BCUT2D eigenvalue weighted by molar-refractivity contribution is -0.120. The van der Waals surface area contributed by atoms with E-state index < -0.39 is 5.91 Å². The SMILES string of the molecule is COc1ccccc1C1=C(Nc2ccc(C)cc2)C(=O)N(c2ccccc2)C1=O. The van der Waals surface area contributed by atoms with Crippen LogP contribution in [0.25, 0.3) is 5.57 Å². The Labute approximate surface area is 169 Å². The molecule has 5 heteroatoms. The van der Waals surface area contributed by atoms with Gasteiger partial charge in [-0.3, -0.25) is 9.59 Å². The lowest BCUT2D eigenvalue weighted by Gasteiger charge is -2.15. The average Bonchev–Trinajstić information content (AvgIpc) is 2.99. The van der Waals surface area contributed by atoms with Gasteiger partial charge in [0.1, 0.15) is 11.4 Å². The molecule has 3 aromatic rings. The number of aryl methyl sites for hydroxylation is 1. The standard InChI is InChI=1S/C24H20N2O3/c1-16-12-14-17(15-13-16)25-22-21(19-10-6-7-11-20(19)29-2)23(27)26(24(22)28)18-8-4-3-5-9-18/h3-15,25H,1-2H3. The van der Waals surface area contributed by atoms with E-state index in [4.69, 9.17) is 4.74 Å². The van der Waals surface area contributed by atoms with Crippen LogP contribution < -0.4 is 15.0 Å². The van der Waals surface area contributed by atoms with Crippen LogP contribution in [0.4, 0.5) is 11.4 Å². The van der Waals surface area contributed by atoms with Crippen LogP contribution >= 0.6 is 0 Å². The number of anilines is 2. The highest BCUT2D eigenvalue weighted by Gasteiger charge is 2.41. The van der Waals surface area contributed by atoms with E-state index in [1.165, 1.54) is 4.90 Å². The predicted octanol–water partition coefficient (Wildman–Crippen LogP) is 4.40. The van der Waals surface area contributed by atoms with Crippen molar-refractivity contribution in [1.29, 1.82) is 0 Å². The van der Waals surface area contributed by atoms with Gasteiger partial charge in [0.15, 0.2) is 0 Å². The second-order valence-corrected chi connectivity index (χ2v) is 6.72. The minimum absolute atomic E-state index is 0.229. The van der Waals surface area contributed by atoms with E-state index in [0.717, 1.165) is 11.3 Å². The summed E-state index contributed by atoms with van der Waals surface area (Å²) in [6.45, 7) is 1.99. The molecule has 0 fully saturated rings. The maximum Gasteiger partial charge on any atom is 0.282 e. The Kier molecular flexibility index (Phi) is 4.87. The van der Waals surface area contributed by atoms with Gasteiger partial charge in [0, 0.05) is 11.3 Å². The fourth-order valence-corrected chi connectivity index (χ4v) is 3.34. The highest BCUT2D eigenvalue weighted by atomic mass is 16.5. The number of nitrogens with zero attached hydrogens (tertiary/aromatic N) is 1. The molecule has 0 saturated carbocycles. The minimum Gasteiger partial charge on any atom is -0.496 e. The number of amides is 2. The lowest BCUT2D eigenvalue weighted by Crippen LogP contribution is -2.32. The summed E-state index contributed by atoms with van der Waals surface area (Å²) in [6.07, 6.45) is 0. The number of para-hydroxylation sites is 2. The molecule has 144 valence electrons. The molecule has 0 spiro atoms. The number of carbonyl (C=O) groups excluding carboxylic acids is 2. The lowest BCUT2D eigenvalue weighted by atomic mass is 10.0. The summed E-state index contributed by atoms with van der Waals surface area (Å²) in [7, 11) is 1.54. The molecule has 1 heterocycles. The monoisotopic (exact) mass is 384 g/mol. The molecule has 0 bridgehead atoms. The van der Waals surface area contributed by atoms with Gasteiger partial charge in [-0.05, 0) is 37.3 Å². The Morgan fingerprint density at radius 3 is 2.14 bits per heavy atom. The summed E-state index contributed by atoms with van der Waals surface area (Å²) >= 11 is 0. The zero-order chi connectivity index (χ0) is 20.4. The van der Waals surface area contributed by atoms with Crippen LogP contribution in [0.3, 0.4) is 0 Å². The highest BCUT2D eigenvalue weighted by Crippen LogP contribution is 2.37. The molecule has 1 N–H and O–H groups in total. The minimum atomic E-state index is -0.400.